The van der Waals surface area contributed by atoms with Gasteiger partial charge < -0.3 is 10.6 Å². The second-order valence-corrected chi connectivity index (χ2v) is 5.53. The molecule has 0 saturated heterocycles. The Hall–Kier alpha value is -0.840. The molecule has 21 heavy (non-hydrogen) atoms. The van der Waals surface area contributed by atoms with Gasteiger partial charge in [0.25, 0.3) is 0 Å². The van der Waals surface area contributed by atoms with E-state index in [0.29, 0.717) is 23.6 Å². The van der Waals surface area contributed by atoms with Crippen molar-refractivity contribution >= 4 is 29.9 Å². The molecular weight excluding hydrogens is 314 g/mol. The zero-order valence-electron chi connectivity index (χ0n) is 12.0. The Kier molecular flexibility index (Phi) is 7.43. The average Bonchev–Trinajstić information content (AvgIpc) is 3.18. The summed E-state index contributed by atoms with van der Waals surface area (Å²) in [5.41, 5.74) is 0.485. The van der Waals surface area contributed by atoms with E-state index in [4.69, 9.17) is 11.6 Å². The maximum atomic E-state index is 13.7. The lowest BCUT2D eigenvalue weighted by Gasteiger charge is -2.07. The minimum atomic E-state index is -0.317. The number of hydrogen-bond acceptors (Lipinski definition) is 2. The van der Waals surface area contributed by atoms with Gasteiger partial charge in [-0.2, -0.15) is 0 Å². The topological polar surface area (TPSA) is 41.1 Å². The highest BCUT2D eigenvalue weighted by Gasteiger charge is 2.45. The molecule has 1 amide bonds. The minimum absolute atomic E-state index is 0. The summed E-state index contributed by atoms with van der Waals surface area (Å²) >= 11 is 6.01. The molecule has 1 saturated carbocycles. The summed E-state index contributed by atoms with van der Waals surface area (Å²) < 4.78 is 13.7. The van der Waals surface area contributed by atoms with Crippen molar-refractivity contribution in [1.29, 1.82) is 0 Å². The van der Waals surface area contributed by atoms with E-state index in [9.17, 15) is 9.18 Å². The number of nitrogens with one attached hydrogen (secondary N) is 2. The van der Waals surface area contributed by atoms with E-state index < -0.39 is 0 Å². The second-order valence-electron chi connectivity index (χ2n) is 5.13. The van der Waals surface area contributed by atoms with Gasteiger partial charge in [-0.05, 0) is 31.5 Å². The summed E-state index contributed by atoms with van der Waals surface area (Å²) in [7, 11) is 0. The Morgan fingerprint density at radius 3 is 2.81 bits per heavy atom. The van der Waals surface area contributed by atoms with Gasteiger partial charge in [-0.15, -0.1) is 12.4 Å². The molecule has 0 aromatic heterocycles. The molecule has 118 valence electrons. The van der Waals surface area contributed by atoms with Crippen molar-refractivity contribution in [3.63, 3.8) is 0 Å². The number of halogens is 3. The standard InChI is InChI=1S/C15H20ClFN2O.ClH/c1-2-6-18-7-8-19-15(20)11-9-10(11)14-12(16)4-3-5-13(14)17;/h3-5,10-11,18H,2,6-9H2,1H3,(H,19,20);1H. The Labute approximate surface area is 136 Å². The lowest BCUT2D eigenvalue weighted by molar-refractivity contribution is -0.122. The highest BCUT2D eigenvalue weighted by Crippen LogP contribution is 2.50. The van der Waals surface area contributed by atoms with E-state index in [1.54, 1.807) is 12.1 Å². The Morgan fingerprint density at radius 2 is 2.14 bits per heavy atom. The van der Waals surface area contributed by atoms with Crippen molar-refractivity contribution in [2.75, 3.05) is 19.6 Å². The van der Waals surface area contributed by atoms with E-state index in [2.05, 4.69) is 17.6 Å². The molecule has 2 atom stereocenters. The summed E-state index contributed by atoms with van der Waals surface area (Å²) in [6, 6.07) is 4.64. The summed E-state index contributed by atoms with van der Waals surface area (Å²) in [4.78, 5) is 11.9. The normalized spacial score (nSPS) is 19.8. The van der Waals surface area contributed by atoms with Crippen molar-refractivity contribution in [3.05, 3.63) is 34.6 Å². The molecule has 2 N–H and O–H groups in total. The summed E-state index contributed by atoms with van der Waals surface area (Å²) in [5, 5.41) is 6.50. The SMILES string of the molecule is CCCNCCNC(=O)C1CC1c1c(F)cccc1Cl.Cl. The molecule has 0 spiro atoms. The number of rotatable bonds is 7. The molecule has 0 radical (unpaired) electrons. The fraction of sp³-hybridized carbons (Fsp3) is 0.533. The first-order chi connectivity index (χ1) is 9.65. The first-order valence-corrected chi connectivity index (χ1v) is 7.45. The van der Waals surface area contributed by atoms with E-state index in [-0.39, 0.29) is 36.0 Å². The van der Waals surface area contributed by atoms with Crippen LogP contribution in [-0.2, 0) is 4.79 Å². The fourth-order valence-electron chi connectivity index (χ4n) is 2.38. The molecule has 3 nitrogen and oxygen atoms in total. The highest BCUT2D eigenvalue weighted by molar-refractivity contribution is 6.31. The molecule has 1 aliphatic rings. The van der Waals surface area contributed by atoms with Crippen molar-refractivity contribution in [2.24, 2.45) is 5.92 Å². The maximum Gasteiger partial charge on any atom is 0.223 e. The Bertz CT molecular complexity index is 464. The van der Waals surface area contributed by atoms with Crippen LogP contribution < -0.4 is 10.6 Å². The van der Waals surface area contributed by atoms with Gasteiger partial charge in [0, 0.05) is 35.5 Å². The van der Waals surface area contributed by atoms with Crippen LogP contribution in [0.4, 0.5) is 4.39 Å². The third-order valence-electron chi connectivity index (χ3n) is 3.53. The average molecular weight is 335 g/mol. The lowest BCUT2D eigenvalue weighted by atomic mass is 10.1. The van der Waals surface area contributed by atoms with E-state index in [1.807, 2.05) is 0 Å². The first kappa shape index (κ1) is 18.2. The predicted octanol–water partition coefficient (Wildman–Crippen LogP) is 3.12. The molecular formula is C15H21Cl2FN2O. The molecule has 0 heterocycles. The molecule has 1 aromatic carbocycles. The minimum Gasteiger partial charge on any atom is -0.355 e. The molecule has 2 rings (SSSR count). The fourth-order valence-corrected chi connectivity index (χ4v) is 2.68. The van der Waals surface area contributed by atoms with Gasteiger partial charge in [-0.3, -0.25) is 4.79 Å². The summed E-state index contributed by atoms with van der Waals surface area (Å²) in [6.07, 6.45) is 1.75. The molecule has 6 heteroatoms. The lowest BCUT2D eigenvalue weighted by Crippen LogP contribution is -2.33. The van der Waals surface area contributed by atoms with E-state index in [1.165, 1.54) is 6.07 Å². The molecule has 1 fully saturated rings. The van der Waals surface area contributed by atoms with E-state index >= 15 is 0 Å². The number of hydrogen-bond donors (Lipinski definition) is 2. The van der Waals surface area contributed by atoms with Crippen molar-refractivity contribution in [1.82, 2.24) is 10.6 Å². The second kappa shape index (κ2) is 8.57. The molecule has 1 aliphatic carbocycles. The van der Waals surface area contributed by atoms with Crippen LogP contribution in [-0.4, -0.2) is 25.5 Å². The smallest absolute Gasteiger partial charge is 0.223 e. The van der Waals surface area contributed by atoms with Crippen LogP contribution >= 0.6 is 24.0 Å². The predicted molar refractivity (Wildman–Crippen MR) is 85.7 cm³/mol. The van der Waals surface area contributed by atoms with Gasteiger partial charge >= 0.3 is 0 Å². The van der Waals surface area contributed by atoms with Gasteiger partial charge in [0.2, 0.25) is 5.91 Å². The number of benzene rings is 1. The van der Waals surface area contributed by atoms with Gasteiger partial charge in [-0.25, -0.2) is 4.39 Å². The molecule has 0 bridgehead atoms. The third-order valence-corrected chi connectivity index (χ3v) is 3.86. The van der Waals surface area contributed by atoms with Crippen LogP contribution in [0.2, 0.25) is 5.02 Å². The van der Waals surface area contributed by atoms with Crippen LogP contribution in [0.15, 0.2) is 18.2 Å². The van der Waals surface area contributed by atoms with Crippen molar-refractivity contribution in [2.45, 2.75) is 25.7 Å². The van der Waals surface area contributed by atoms with E-state index in [0.717, 1.165) is 19.5 Å². The van der Waals surface area contributed by atoms with Gasteiger partial charge in [0.15, 0.2) is 0 Å². The van der Waals surface area contributed by atoms with Gasteiger partial charge in [0.05, 0.1) is 0 Å². The third kappa shape index (κ3) is 4.83. The van der Waals surface area contributed by atoms with Crippen LogP contribution in [0.3, 0.4) is 0 Å². The Balaban J connectivity index is 0.00000220. The van der Waals surface area contributed by atoms with Crippen LogP contribution in [0, 0.1) is 11.7 Å². The zero-order chi connectivity index (χ0) is 14.5. The molecule has 1 aromatic rings. The zero-order valence-corrected chi connectivity index (χ0v) is 13.6. The van der Waals surface area contributed by atoms with Gasteiger partial charge in [0.1, 0.15) is 5.82 Å². The number of carbonyl (C=O) groups excluding carboxylic acids is 1. The Morgan fingerprint density at radius 1 is 1.38 bits per heavy atom. The largest absolute Gasteiger partial charge is 0.355 e. The summed E-state index contributed by atoms with van der Waals surface area (Å²) in [5.74, 6) is -0.544. The molecule has 2 unspecified atom stereocenters. The highest BCUT2D eigenvalue weighted by atomic mass is 35.5. The summed E-state index contributed by atoms with van der Waals surface area (Å²) in [6.45, 7) is 4.41. The quantitative estimate of drug-likeness (QED) is 0.752. The van der Waals surface area contributed by atoms with Gasteiger partial charge in [-0.1, -0.05) is 24.6 Å². The van der Waals surface area contributed by atoms with Crippen molar-refractivity contribution < 1.29 is 9.18 Å². The molecule has 0 aliphatic heterocycles. The van der Waals surface area contributed by atoms with Crippen LogP contribution in [0.25, 0.3) is 0 Å². The number of carbonyl (C=O) groups is 1. The van der Waals surface area contributed by atoms with Crippen LogP contribution in [0.1, 0.15) is 31.2 Å². The monoisotopic (exact) mass is 334 g/mol. The van der Waals surface area contributed by atoms with Crippen molar-refractivity contribution in [3.8, 4) is 0 Å². The maximum absolute atomic E-state index is 13.7. The number of amides is 1. The first-order valence-electron chi connectivity index (χ1n) is 7.07. The van der Waals surface area contributed by atoms with Crippen LogP contribution in [0.5, 0.6) is 0 Å².